The smallest absolute Gasteiger partial charge is 0.239 e. The third-order valence-corrected chi connectivity index (χ3v) is 6.58. The topological polar surface area (TPSA) is 95.7 Å². The Morgan fingerprint density at radius 1 is 1.21 bits per heavy atom. The number of hydrogen-bond donors (Lipinski definition) is 3. The highest BCUT2D eigenvalue weighted by atomic mass is 16.3. The highest BCUT2D eigenvalue weighted by Gasteiger charge is 2.35. The summed E-state index contributed by atoms with van der Waals surface area (Å²) in [4.78, 5) is 27.2. The number of para-hydroxylation sites is 1. The largest absolute Gasteiger partial charge is 0.513 e. The summed E-state index contributed by atoms with van der Waals surface area (Å²) in [5, 5.41) is 12.5. The number of nitrogens with two attached hydrogens (primary N) is 1. The standard InChI is InChI=1S/C23H33N3O3/c1-15(27)14-18-6-3-4-9-20(18)25-22(28)17-12-10-16(11-13-17)21(24)23(29)26(2)19-7-5-8-19/h3-4,6,9,16-17,19,21,27H,1,5,7-8,10-14,24H2,2H3,(H,25,28)/t16?,17?,21-/m0/s1. The molecule has 0 aromatic heterocycles. The predicted molar refractivity (Wildman–Crippen MR) is 114 cm³/mol. The summed E-state index contributed by atoms with van der Waals surface area (Å²) in [5.74, 6) is 0.159. The van der Waals surface area contributed by atoms with E-state index in [2.05, 4.69) is 11.9 Å². The first-order valence-electron chi connectivity index (χ1n) is 10.6. The normalized spacial score (nSPS) is 23.0. The third-order valence-electron chi connectivity index (χ3n) is 6.58. The van der Waals surface area contributed by atoms with Gasteiger partial charge in [0.05, 0.1) is 11.8 Å². The Kier molecular flexibility index (Phi) is 6.96. The van der Waals surface area contributed by atoms with E-state index < -0.39 is 6.04 Å². The number of amides is 2. The molecule has 0 spiro atoms. The number of benzene rings is 1. The third kappa shape index (κ3) is 5.18. The van der Waals surface area contributed by atoms with Crippen molar-refractivity contribution in [2.75, 3.05) is 12.4 Å². The summed E-state index contributed by atoms with van der Waals surface area (Å²) in [5.41, 5.74) is 7.85. The predicted octanol–water partition coefficient (Wildman–Crippen LogP) is 3.38. The number of carbonyl (C=O) groups is 2. The van der Waals surface area contributed by atoms with Crippen LogP contribution in [0.15, 0.2) is 36.6 Å². The lowest BCUT2D eigenvalue weighted by Gasteiger charge is -2.38. The van der Waals surface area contributed by atoms with Crippen molar-refractivity contribution in [3.05, 3.63) is 42.2 Å². The van der Waals surface area contributed by atoms with Crippen molar-refractivity contribution in [1.82, 2.24) is 4.90 Å². The maximum Gasteiger partial charge on any atom is 0.239 e. The molecule has 2 fully saturated rings. The van der Waals surface area contributed by atoms with Crippen LogP contribution in [0.4, 0.5) is 5.69 Å². The number of aliphatic hydroxyl groups excluding tert-OH is 1. The molecule has 0 radical (unpaired) electrons. The van der Waals surface area contributed by atoms with Gasteiger partial charge in [0.1, 0.15) is 0 Å². The molecule has 1 aromatic rings. The molecule has 0 bridgehead atoms. The maximum absolute atomic E-state index is 12.8. The van der Waals surface area contributed by atoms with Crippen LogP contribution in [-0.4, -0.2) is 41.0 Å². The molecule has 6 heteroatoms. The molecule has 1 aromatic carbocycles. The average Bonchev–Trinajstić information content (AvgIpc) is 2.66. The Bertz CT molecular complexity index is 751. The number of nitrogens with zero attached hydrogens (tertiary/aromatic N) is 1. The molecule has 0 heterocycles. The van der Waals surface area contributed by atoms with Crippen LogP contribution in [0.3, 0.4) is 0 Å². The van der Waals surface area contributed by atoms with E-state index in [1.807, 2.05) is 36.2 Å². The summed E-state index contributed by atoms with van der Waals surface area (Å²) >= 11 is 0. The molecule has 158 valence electrons. The molecule has 29 heavy (non-hydrogen) atoms. The van der Waals surface area contributed by atoms with E-state index in [1.54, 1.807) is 0 Å². The molecule has 6 nitrogen and oxygen atoms in total. The molecule has 2 aliphatic rings. The van der Waals surface area contributed by atoms with Crippen LogP contribution in [0.1, 0.15) is 50.5 Å². The summed E-state index contributed by atoms with van der Waals surface area (Å²) < 4.78 is 0. The lowest BCUT2D eigenvalue weighted by atomic mass is 9.77. The Hall–Kier alpha value is -2.34. The van der Waals surface area contributed by atoms with Gasteiger partial charge >= 0.3 is 0 Å². The zero-order valence-electron chi connectivity index (χ0n) is 17.3. The summed E-state index contributed by atoms with van der Waals surface area (Å²) in [6.45, 7) is 3.53. The van der Waals surface area contributed by atoms with Crippen LogP contribution >= 0.6 is 0 Å². The summed E-state index contributed by atoms with van der Waals surface area (Å²) in [7, 11) is 1.86. The van der Waals surface area contributed by atoms with Crippen LogP contribution in [-0.2, 0) is 16.0 Å². The molecular formula is C23H33N3O3. The number of hydrogen-bond acceptors (Lipinski definition) is 4. The van der Waals surface area contributed by atoms with Gasteiger partial charge in [0.25, 0.3) is 0 Å². The van der Waals surface area contributed by atoms with Crippen LogP contribution in [0.2, 0.25) is 0 Å². The molecule has 4 N–H and O–H groups in total. The highest BCUT2D eigenvalue weighted by Crippen LogP contribution is 2.33. The minimum Gasteiger partial charge on any atom is -0.513 e. The van der Waals surface area contributed by atoms with Gasteiger partial charge in [-0.1, -0.05) is 24.8 Å². The lowest BCUT2D eigenvalue weighted by molar-refractivity contribution is -0.136. The Balaban J connectivity index is 1.52. The summed E-state index contributed by atoms with van der Waals surface area (Å²) in [6.07, 6.45) is 6.71. The number of likely N-dealkylation sites (N-methyl/N-ethyl adjacent to an activating group) is 1. The number of rotatable bonds is 7. The van der Waals surface area contributed by atoms with Gasteiger partial charge in [0.2, 0.25) is 11.8 Å². The van der Waals surface area contributed by atoms with Crippen molar-refractivity contribution in [1.29, 1.82) is 0 Å². The molecular weight excluding hydrogens is 366 g/mol. The number of carbonyl (C=O) groups excluding carboxylic acids is 2. The number of aliphatic hydroxyl groups is 1. The quantitative estimate of drug-likeness (QED) is 0.613. The Labute approximate surface area is 173 Å². The van der Waals surface area contributed by atoms with Crippen LogP contribution in [0, 0.1) is 11.8 Å². The van der Waals surface area contributed by atoms with E-state index >= 15 is 0 Å². The van der Waals surface area contributed by atoms with Crippen LogP contribution in [0.5, 0.6) is 0 Å². The molecule has 0 unspecified atom stereocenters. The SMILES string of the molecule is C=C(O)Cc1ccccc1NC(=O)C1CCC([C@H](N)C(=O)N(C)C2CCC2)CC1. The molecule has 3 rings (SSSR count). The van der Waals surface area contributed by atoms with Crippen molar-refractivity contribution < 1.29 is 14.7 Å². The van der Waals surface area contributed by atoms with Crippen molar-refractivity contribution in [3.63, 3.8) is 0 Å². The molecule has 2 saturated carbocycles. The van der Waals surface area contributed by atoms with E-state index in [0.29, 0.717) is 18.2 Å². The van der Waals surface area contributed by atoms with Gasteiger partial charge in [-0.05, 0) is 62.5 Å². The molecule has 1 atom stereocenters. The van der Waals surface area contributed by atoms with Crippen LogP contribution < -0.4 is 11.1 Å². The first-order chi connectivity index (χ1) is 13.9. The Morgan fingerprint density at radius 2 is 1.86 bits per heavy atom. The number of anilines is 1. The van der Waals surface area contributed by atoms with Gasteiger partial charge in [-0.15, -0.1) is 0 Å². The monoisotopic (exact) mass is 399 g/mol. The van der Waals surface area contributed by atoms with E-state index in [4.69, 9.17) is 5.73 Å². The first kappa shape index (κ1) is 21.4. The minimum atomic E-state index is -0.471. The van der Waals surface area contributed by atoms with E-state index in [9.17, 15) is 14.7 Å². The molecule has 0 saturated heterocycles. The average molecular weight is 400 g/mol. The van der Waals surface area contributed by atoms with E-state index in [1.165, 1.54) is 6.42 Å². The maximum atomic E-state index is 12.8. The number of allylic oxidation sites excluding steroid dienone is 1. The highest BCUT2D eigenvalue weighted by molar-refractivity contribution is 5.93. The zero-order chi connectivity index (χ0) is 21.0. The summed E-state index contributed by atoms with van der Waals surface area (Å²) in [6, 6.07) is 7.33. The minimum absolute atomic E-state index is 0.00839. The van der Waals surface area contributed by atoms with Gasteiger partial charge in [-0.25, -0.2) is 0 Å². The van der Waals surface area contributed by atoms with Crippen molar-refractivity contribution in [2.45, 2.75) is 63.5 Å². The fourth-order valence-electron chi connectivity index (χ4n) is 4.38. The Morgan fingerprint density at radius 3 is 2.45 bits per heavy atom. The fourth-order valence-corrected chi connectivity index (χ4v) is 4.38. The first-order valence-corrected chi connectivity index (χ1v) is 10.6. The van der Waals surface area contributed by atoms with Gasteiger partial charge in [-0.2, -0.15) is 0 Å². The molecule has 0 aliphatic heterocycles. The molecule has 2 amide bonds. The van der Waals surface area contributed by atoms with Gasteiger partial charge in [0.15, 0.2) is 0 Å². The number of nitrogens with one attached hydrogen (secondary N) is 1. The van der Waals surface area contributed by atoms with Crippen molar-refractivity contribution >= 4 is 17.5 Å². The van der Waals surface area contributed by atoms with Gasteiger partial charge < -0.3 is 21.1 Å². The second-order valence-electron chi connectivity index (χ2n) is 8.56. The van der Waals surface area contributed by atoms with Crippen molar-refractivity contribution in [2.24, 2.45) is 17.6 Å². The second kappa shape index (κ2) is 9.44. The molecule has 2 aliphatic carbocycles. The zero-order valence-corrected chi connectivity index (χ0v) is 17.3. The van der Waals surface area contributed by atoms with Gasteiger partial charge in [0, 0.05) is 31.1 Å². The van der Waals surface area contributed by atoms with Crippen LogP contribution in [0.25, 0.3) is 0 Å². The van der Waals surface area contributed by atoms with E-state index in [0.717, 1.165) is 44.1 Å². The van der Waals surface area contributed by atoms with Gasteiger partial charge in [-0.3, -0.25) is 9.59 Å². The van der Waals surface area contributed by atoms with Crippen molar-refractivity contribution in [3.8, 4) is 0 Å². The fraction of sp³-hybridized carbons (Fsp3) is 0.565. The lowest BCUT2D eigenvalue weighted by Crippen LogP contribution is -2.52. The van der Waals surface area contributed by atoms with E-state index in [-0.39, 0.29) is 29.4 Å². The second-order valence-corrected chi connectivity index (χ2v) is 8.56.